The lowest BCUT2D eigenvalue weighted by Gasteiger charge is -2.38. The normalized spacial score (nSPS) is 11.6. The summed E-state index contributed by atoms with van der Waals surface area (Å²) in [6, 6.07) is 31.0. The van der Waals surface area contributed by atoms with Crippen LogP contribution in [0.2, 0.25) is 0 Å². The van der Waals surface area contributed by atoms with Crippen molar-refractivity contribution in [3.05, 3.63) is 130 Å². The summed E-state index contributed by atoms with van der Waals surface area (Å²) in [6.45, 7) is 1.93. The highest BCUT2D eigenvalue weighted by atomic mass is 16.1. The van der Waals surface area contributed by atoms with Gasteiger partial charge < -0.3 is 4.57 Å². The maximum absolute atomic E-state index is 12.5. The van der Waals surface area contributed by atoms with E-state index in [4.69, 9.17) is 0 Å². The van der Waals surface area contributed by atoms with Gasteiger partial charge in [-0.2, -0.15) is 5.10 Å². The zero-order chi connectivity index (χ0) is 20.6. The highest BCUT2D eigenvalue weighted by molar-refractivity contribution is 5.76. The van der Waals surface area contributed by atoms with Gasteiger partial charge >= 0.3 is 0 Å². The van der Waals surface area contributed by atoms with Gasteiger partial charge in [0.2, 0.25) is 0 Å². The maximum atomic E-state index is 12.5. The third kappa shape index (κ3) is 2.59. The molecule has 2 aromatic heterocycles. The minimum absolute atomic E-state index is 0.294. The van der Waals surface area contributed by atoms with Crippen molar-refractivity contribution in [1.82, 2.24) is 19.7 Å². The van der Waals surface area contributed by atoms with Gasteiger partial charge in [-0.05, 0) is 23.6 Å². The third-order valence-corrected chi connectivity index (χ3v) is 5.56. The fourth-order valence-electron chi connectivity index (χ4n) is 4.39. The van der Waals surface area contributed by atoms with Crippen molar-refractivity contribution in [2.24, 2.45) is 0 Å². The topological polar surface area (TPSA) is 63.6 Å². The molecule has 3 aromatic carbocycles. The zero-order valence-corrected chi connectivity index (χ0v) is 16.5. The van der Waals surface area contributed by atoms with Crippen LogP contribution >= 0.6 is 0 Å². The van der Waals surface area contributed by atoms with Crippen molar-refractivity contribution >= 4 is 11.0 Å². The van der Waals surface area contributed by atoms with Gasteiger partial charge in [-0.1, -0.05) is 91.0 Å². The van der Waals surface area contributed by atoms with E-state index in [-0.39, 0.29) is 5.56 Å². The van der Waals surface area contributed by atoms with Crippen molar-refractivity contribution in [2.75, 3.05) is 0 Å². The smallest absolute Gasteiger partial charge is 0.292 e. The second kappa shape index (κ2) is 7.12. The Hall–Kier alpha value is -3.99. The SMILES string of the molecule is Cc1nc2c(=O)[nH]ncc2n1C(c1ccccc1)(c1ccccc1)c1ccccc1. The number of aromatic nitrogens is 4. The summed E-state index contributed by atoms with van der Waals surface area (Å²) >= 11 is 0. The zero-order valence-electron chi connectivity index (χ0n) is 16.5. The summed E-state index contributed by atoms with van der Waals surface area (Å²) in [5.74, 6) is 0.736. The number of benzene rings is 3. The number of nitrogens with one attached hydrogen (secondary N) is 1. The van der Waals surface area contributed by atoms with Crippen LogP contribution in [0, 0.1) is 6.92 Å². The maximum Gasteiger partial charge on any atom is 0.292 e. The molecule has 5 rings (SSSR count). The first kappa shape index (κ1) is 18.1. The summed E-state index contributed by atoms with van der Waals surface area (Å²) in [7, 11) is 0. The molecule has 0 spiro atoms. The molecule has 0 fully saturated rings. The first-order chi connectivity index (χ1) is 14.7. The van der Waals surface area contributed by atoms with Crippen LogP contribution in [0.4, 0.5) is 0 Å². The molecule has 0 aliphatic carbocycles. The number of hydrogen-bond donors (Lipinski definition) is 1. The van der Waals surface area contributed by atoms with Gasteiger partial charge in [0.1, 0.15) is 11.4 Å². The lowest BCUT2D eigenvalue weighted by Crippen LogP contribution is -2.38. The van der Waals surface area contributed by atoms with Crippen LogP contribution in [0.25, 0.3) is 11.0 Å². The van der Waals surface area contributed by atoms with Gasteiger partial charge in [-0.3, -0.25) is 4.79 Å². The molecule has 5 aromatic rings. The predicted molar refractivity (Wildman–Crippen MR) is 117 cm³/mol. The van der Waals surface area contributed by atoms with E-state index in [9.17, 15) is 4.79 Å². The summed E-state index contributed by atoms with van der Waals surface area (Å²) in [5.41, 5.74) is 3.28. The van der Waals surface area contributed by atoms with Crippen molar-refractivity contribution in [3.8, 4) is 0 Å². The molecule has 0 atom stereocenters. The van der Waals surface area contributed by atoms with Gasteiger partial charge in [0, 0.05) is 0 Å². The van der Waals surface area contributed by atoms with E-state index in [2.05, 4.69) is 56.1 Å². The van der Waals surface area contributed by atoms with E-state index in [1.165, 1.54) is 0 Å². The molecule has 146 valence electrons. The van der Waals surface area contributed by atoms with E-state index >= 15 is 0 Å². The number of aromatic amines is 1. The monoisotopic (exact) mass is 392 g/mol. The summed E-state index contributed by atoms with van der Waals surface area (Å²) in [5, 5.41) is 6.59. The molecule has 2 heterocycles. The van der Waals surface area contributed by atoms with Crippen LogP contribution in [0.3, 0.4) is 0 Å². The second-order valence-corrected chi connectivity index (χ2v) is 7.24. The average Bonchev–Trinajstić information content (AvgIpc) is 3.15. The summed E-state index contributed by atoms with van der Waals surface area (Å²) in [6.07, 6.45) is 1.68. The fraction of sp³-hybridized carbons (Fsp3) is 0.0800. The Morgan fingerprint density at radius 2 is 1.23 bits per heavy atom. The molecule has 0 saturated heterocycles. The molecule has 0 radical (unpaired) electrons. The van der Waals surface area contributed by atoms with Crippen molar-refractivity contribution in [2.45, 2.75) is 12.5 Å². The second-order valence-electron chi connectivity index (χ2n) is 7.24. The Bertz CT molecular complexity index is 1260. The minimum Gasteiger partial charge on any atom is -0.308 e. The molecule has 5 nitrogen and oxygen atoms in total. The van der Waals surface area contributed by atoms with Crippen LogP contribution in [0.5, 0.6) is 0 Å². The molecule has 5 heteroatoms. The molecule has 0 aliphatic heterocycles. The fourth-order valence-corrected chi connectivity index (χ4v) is 4.39. The molecular weight excluding hydrogens is 372 g/mol. The number of rotatable bonds is 4. The Balaban J connectivity index is 2.03. The molecule has 30 heavy (non-hydrogen) atoms. The molecule has 0 amide bonds. The van der Waals surface area contributed by atoms with Gasteiger partial charge in [0.25, 0.3) is 5.56 Å². The number of imidazole rings is 1. The van der Waals surface area contributed by atoms with Gasteiger partial charge in [0.05, 0.1) is 11.7 Å². The molecular formula is C25H20N4O. The highest BCUT2D eigenvalue weighted by Gasteiger charge is 2.40. The quantitative estimate of drug-likeness (QED) is 0.465. The number of hydrogen-bond acceptors (Lipinski definition) is 3. The van der Waals surface area contributed by atoms with Crippen molar-refractivity contribution in [1.29, 1.82) is 0 Å². The number of H-pyrrole nitrogens is 1. The van der Waals surface area contributed by atoms with E-state index in [0.29, 0.717) is 11.0 Å². The van der Waals surface area contributed by atoms with Crippen molar-refractivity contribution in [3.63, 3.8) is 0 Å². The largest absolute Gasteiger partial charge is 0.308 e. The van der Waals surface area contributed by atoms with E-state index in [1.54, 1.807) is 6.20 Å². The van der Waals surface area contributed by atoms with Gasteiger partial charge in [0.15, 0.2) is 5.52 Å². The van der Waals surface area contributed by atoms with Crippen LogP contribution < -0.4 is 5.56 Å². The first-order valence-electron chi connectivity index (χ1n) is 9.82. The lowest BCUT2D eigenvalue weighted by atomic mass is 9.76. The molecule has 0 unspecified atom stereocenters. The van der Waals surface area contributed by atoms with Crippen LogP contribution in [0.15, 0.2) is 102 Å². The predicted octanol–water partition coefficient (Wildman–Crippen LogP) is 4.27. The van der Waals surface area contributed by atoms with E-state index < -0.39 is 5.54 Å². The third-order valence-electron chi connectivity index (χ3n) is 5.56. The molecule has 0 aliphatic rings. The summed E-state index contributed by atoms with van der Waals surface area (Å²) < 4.78 is 2.13. The standard InChI is InChI=1S/C25H20N4O/c1-18-27-23-22(17-26-28-24(23)30)29(18)25(19-11-5-2-6-12-19,20-13-7-3-8-14-20)21-15-9-4-10-16-21/h2-17H,1H3,(H,28,30). The van der Waals surface area contributed by atoms with E-state index in [1.807, 2.05) is 61.5 Å². The Labute approximate surface area is 173 Å². The van der Waals surface area contributed by atoms with Crippen LogP contribution in [0.1, 0.15) is 22.5 Å². The highest BCUT2D eigenvalue weighted by Crippen LogP contribution is 2.42. The van der Waals surface area contributed by atoms with Gasteiger partial charge in [-0.15, -0.1) is 0 Å². The van der Waals surface area contributed by atoms with Crippen molar-refractivity contribution < 1.29 is 0 Å². The molecule has 0 bridgehead atoms. The van der Waals surface area contributed by atoms with Gasteiger partial charge in [-0.25, -0.2) is 10.1 Å². The minimum atomic E-state index is -0.724. The number of aryl methyl sites for hydroxylation is 1. The number of nitrogens with zero attached hydrogens (tertiary/aromatic N) is 3. The first-order valence-corrected chi connectivity index (χ1v) is 9.82. The molecule has 1 N–H and O–H groups in total. The Kier molecular flexibility index (Phi) is 4.29. The Morgan fingerprint density at radius 3 is 1.70 bits per heavy atom. The van der Waals surface area contributed by atoms with Crippen LogP contribution in [-0.4, -0.2) is 19.7 Å². The van der Waals surface area contributed by atoms with Crippen LogP contribution in [-0.2, 0) is 5.54 Å². The van der Waals surface area contributed by atoms with E-state index in [0.717, 1.165) is 22.5 Å². The summed E-state index contributed by atoms with van der Waals surface area (Å²) in [4.78, 5) is 17.1. The lowest BCUT2D eigenvalue weighted by molar-refractivity contribution is 0.516. The molecule has 0 saturated carbocycles. The Morgan fingerprint density at radius 1 is 0.767 bits per heavy atom. The number of fused-ring (bicyclic) bond motifs is 1. The average molecular weight is 392 g/mol.